The molecule has 1 unspecified atom stereocenters. The molecule has 3 amide bonds. The monoisotopic (exact) mass is 427 g/mol. The molecule has 158 valence electrons. The Morgan fingerprint density at radius 1 is 1.10 bits per heavy atom. The van der Waals surface area contributed by atoms with Gasteiger partial charge in [-0.05, 0) is 61.7 Å². The van der Waals surface area contributed by atoms with E-state index in [4.69, 9.17) is 11.6 Å². The van der Waals surface area contributed by atoms with Crippen molar-refractivity contribution in [2.24, 2.45) is 0 Å². The first-order valence-electron chi connectivity index (χ1n) is 10.2. The Kier molecular flexibility index (Phi) is 7.46. The fraction of sp³-hybridized carbons (Fsp3) is 0.348. The highest BCUT2D eigenvalue weighted by Crippen LogP contribution is 2.22. The van der Waals surface area contributed by atoms with Crippen LogP contribution in [0.25, 0.3) is 0 Å². The van der Waals surface area contributed by atoms with Crippen molar-refractivity contribution in [2.45, 2.75) is 38.6 Å². The van der Waals surface area contributed by atoms with Gasteiger partial charge >= 0.3 is 0 Å². The van der Waals surface area contributed by atoms with Crippen molar-refractivity contribution in [2.75, 3.05) is 18.4 Å². The van der Waals surface area contributed by atoms with E-state index in [1.165, 1.54) is 0 Å². The summed E-state index contributed by atoms with van der Waals surface area (Å²) in [6, 6.07) is 12.9. The summed E-state index contributed by atoms with van der Waals surface area (Å²) < 4.78 is 0. The number of halogens is 1. The molecule has 7 heteroatoms. The molecule has 0 aliphatic carbocycles. The zero-order valence-corrected chi connectivity index (χ0v) is 17.7. The van der Waals surface area contributed by atoms with Gasteiger partial charge in [-0.2, -0.15) is 0 Å². The Labute approximate surface area is 181 Å². The maximum Gasteiger partial charge on any atom is 0.255 e. The van der Waals surface area contributed by atoms with E-state index in [1.807, 2.05) is 0 Å². The molecule has 1 heterocycles. The average Bonchev–Trinajstić information content (AvgIpc) is 3.24. The second-order valence-electron chi connectivity index (χ2n) is 7.34. The number of carbonyl (C=O) groups excluding carboxylic acids is 3. The topological polar surface area (TPSA) is 78.5 Å². The summed E-state index contributed by atoms with van der Waals surface area (Å²) in [5, 5.41) is 6.28. The zero-order chi connectivity index (χ0) is 21.5. The standard InChI is InChI=1S/C23H26ClN3O3/c1-2-3-13-25-22(29)20-8-5-14-27(20)23(30)17-6-4-7-19(15-17)26-21(28)16-9-11-18(24)12-10-16/h4,6-7,9-12,15,20H,2-3,5,8,13-14H2,1H3,(H,25,29)(H,26,28). The van der Waals surface area contributed by atoms with E-state index in [1.54, 1.807) is 53.4 Å². The van der Waals surface area contributed by atoms with Crippen LogP contribution in [0.5, 0.6) is 0 Å². The molecule has 1 aliphatic heterocycles. The van der Waals surface area contributed by atoms with E-state index in [0.29, 0.717) is 41.3 Å². The third-order valence-corrected chi connectivity index (χ3v) is 5.37. The van der Waals surface area contributed by atoms with Gasteiger partial charge in [0.25, 0.3) is 11.8 Å². The average molecular weight is 428 g/mol. The van der Waals surface area contributed by atoms with Crippen LogP contribution in [0.4, 0.5) is 5.69 Å². The van der Waals surface area contributed by atoms with E-state index in [9.17, 15) is 14.4 Å². The van der Waals surface area contributed by atoms with Gasteiger partial charge in [0.15, 0.2) is 0 Å². The van der Waals surface area contributed by atoms with Crippen molar-refractivity contribution >= 4 is 35.0 Å². The minimum atomic E-state index is -0.443. The second kappa shape index (κ2) is 10.3. The van der Waals surface area contributed by atoms with Crippen molar-refractivity contribution in [1.29, 1.82) is 0 Å². The first-order valence-corrected chi connectivity index (χ1v) is 10.6. The second-order valence-corrected chi connectivity index (χ2v) is 7.78. The molecular formula is C23H26ClN3O3. The highest BCUT2D eigenvalue weighted by molar-refractivity contribution is 6.30. The smallest absolute Gasteiger partial charge is 0.255 e. The van der Waals surface area contributed by atoms with Gasteiger partial charge in [0.2, 0.25) is 5.91 Å². The summed E-state index contributed by atoms with van der Waals surface area (Å²) in [5.74, 6) is -0.585. The van der Waals surface area contributed by atoms with Crippen LogP contribution in [0.1, 0.15) is 53.3 Å². The Morgan fingerprint density at radius 3 is 2.60 bits per heavy atom. The minimum Gasteiger partial charge on any atom is -0.354 e. The number of nitrogens with zero attached hydrogens (tertiary/aromatic N) is 1. The van der Waals surface area contributed by atoms with Gasteiger partial charge in [-0.1, -0.05) is 31.0 Å². The Hall–Kier alpha value is -2.86. The quantitative estimate of drug-likeness (QED) is 0.652. The summed E-state index contributed by atoms with van der Waals surface area (Å²) >= 11 is 5.86. The van der Waals surface area contributed by atoms with Crippen molar-refractivity contribution in [3.05, 3.63) is 64.7 Å². The van der Waals surface area contributed by atoms with Crippen LogP contribution in [0, 0.1) is 0 Å². The van der Waals surface area contributed by atoms with Crippen molar-refractivity contribution in [1.82, 2.24) is 10.2 Å². The van der Waals surface area contributed by atoms with Gasteiger partial charge in [-0.25, -0.2) is 0 Å². The minimum absolute atomic E-state index is 0.0958. The summed E-state index contributed by atoms with van der Waals surface area (Å²) in [7, 11) is 0. The predicted octanol–water partition coefficient (Wildman–Crippen LogP) is 4.11. The third-order valence-electron chi connectivity index (χ3n) is 5.12. The number of carbonyl (C=O) groups is 3. The van der Waals surface area contributed by atoms with Crippen LogP contribution in [0.3, 0.4) is 0 Å². The maximum atomic E-state index is 13.1. The van der Waals surface area contributed by atoms with Crippen LogP contribution in [0.2, 0.25) is 5.02 Å². The van der Waals surface area contributed by atoms with E-state index in [-0.39, 0.29) is 17.7 Å². The normalized spacial score (nSPS) is 15.7. The number of benzene rings is 2. The molecule has 2 aromatic carbocycles. The molecule has 30 heavy (non-hydrogen) atoms. The van der Waals surface area contributed by atoms with Gasteiger partial charge in [0, 0.05) is 34.9 Å². The summed E-state index contributed by atoms with van der Waals surface area (Å²) in [4.78, 5) is 39.6. The number of hydrogen-bond acceptors (Lipinski definition) is 3. The van der Waals surface area contributed by atoms with Crippen LogP contribution < -0.4 is 10.6 Å². The van der Waals surface area contributed by atoms with Crippen LogP contribution >= 0.6 is 11.6 Å². The summed E-state index contributed by atoms with van der Waals surface area (Å²) in [5.41, 5.74) is 1.43. The van der Waals surface area contributed by atoms with Gasteiger partial charge in [0.1, 0.15) is 6.04 Å². The first kappa shape index (κ1) is 21.8. The molecule has 1 fully saturated rings. The number of rotatable bonds is 7. The summed E-state index contributed by atoms with van der Waals surface area (Å²) in [6.07, 6.45) is 3.38. The number of hydrogen-bond donors (Lipinski definition) is 2. The predicted molar refractivity (Wildman–Crippen MR) is 118 cm³/mol. The third kappa shape index (κ3) is 5.39. The number of amides is 3. The lowest BCUT2D eigenvalue weighted by atomic mass is 10.1. The lowest BCUT2D eigenvalue weighted by Crippen LogP contribution is -2.46. The number of anilines is 1. The molecule has 0 spiro atoms. The molecule has 6 nitrogen and oxygen atoms in total. The Bertz CT molecular complexity index is 914. The Balaban J connectivity index is 1.68. The van der Waals surface area contributed by atoms with Gasteiger partial charge in [-0.15, -0.1) is 0 Å². The van der Waals surface area contributed by atoms with Gasteiger partial charge in [-0.3, -0.25) is 14.4 Å². The summed E-state index contributed by atoms with van der Waals surface area (Å²) in [6.45, 7) is 3.24. The molecule has 0 aromatic heterocycles. The zero-order valence-electron chi connectivity index (χ0n) is 17.0. The SMILES string of the molecule is CCCCNC(=O)C1CCCN1C(=O)c1cccc(NC(=O)c2ccc(Cl)cc2)c1. The number of likely N-dealkylation sites (tertiary alicyclic amines) is 1. The first-order chi connectivity index (χ1) is 14.5. The van der Waals surface area contributed by atoms with Crippen molar-refractivity contribution < 1.29 is 14.4 Å². The highest BCUT2D eigenvalue weighted by atomic mass is 35.5. The van der Waals surface area contributed by atoms with Crippen molar-refractivity contribution in [3.63, 3.8) is 0 Å². The fourth-order valence-electron chi connectivity index (χ4n) is 3.49. The highest BCUT2D eigenvalue weighted by Gasteiger charge is 2.34. The van der Waals surface area contributed by atoms with Crippen LogP contribution in [-0.2, 0) is 4.79 Å². The molecule has 1 saturated heterocycles. The fourth-order valence-corrected chi connectivity index (χ4v) is 3.61. The van der Waals surface area contributed by atoms with E-state index < -0.39 is 6.04 Å². The molecule has 0 radical (unpaired) electrons. The largest absolute Gasteiger partial charge is 0.354 e. The van der Waals surface area contributed by atoms with E-state index in [2.05, 4.69) is 17.6 Å². The van der Waals surface area contributed by atoms with Crippen molar-refractivity contribution in [3.8, 4) is 0 Å². The molecule has 2 aromatic rings. The van der Waals surface area contributed by atoms with Gasteiger partial charge in [0.05, 0.1) is 0 Å². The molecular weight excluding hydrogens is 402 g/mol. The molecule has 0 bridgehead atoms. The van der Waals surface area contributed by atoms with Gasteiger partial charge < -0.3 is 15.5 Å². The lowest BCUT2D eigenvalue weighted by Gasteiger charge is -2.24. The molecule has 1 atom stereocenters. The molecule has 1 aliphatic rings. The maximum absolute atomic E-state index is 13.1. The number of nitrogens with one attached hydrogen (secondary N) is 2. The van der Waals surface area contributed by atoms with Crippen LogP contribution in [-0.4, -0.2) is 41.8 Å². The molecule has 2 N–H and O–H groups in total. The molecule has 3 rings (SSSR count). The van der Waals surface area contributed by atoms with E-state index in [0.717, 1.165) is 19.3 Å². The number of unbranched alkanes of at least 4 members (excludes halogenated alkanes) is 1. The molecule has 0 saturated carbocycles. The lowest BCUT2D eigenvalue weighted by molar-refractivity contribution is -0.124. The Morgan fingerprint density at radius 2 is 1.87 bits per heavy atom. The van der Waals surface area contributed by atoms with Crippen LogP contribution in [0.15, 0.2) is 48.5 Å². The van der Waals surface area contributed by atoms with E-state index >= 15 is 0 Å².